The summed E-state index contributed by atoms with van der Waals surface area (Å²) in [7, 11) is -3.52. The number of hydrogen-bond donors (Lipinski definition) is 2. The zero-order chi connectivity index (χ0) is 12.3. The molecule has 4 nitrogen and oxygen atoms in total. The van der Waals surface area contributed by atoms with Crippen molar-refractivity contribution in [1.29, 1.82) is 0 Å². The van der Waals surface area contributed by atoms with Gasteiger partial charge in [-0.1, -0.05) is 19.1 Å². The quantitative estimate of drug-likeness (QED) is 0.801. The van der Waals surface area contributed by atoms with Crippen LogP contribution < -0.4 is 10.5 Å². The van der Waals surface area contributed by atoms with Crippen molar-refractivity contribution >= 4 is 54.5 Å². The molecule has 0 amide bonds. The zero-order valence-electron chi connectivity index (χ0n) is 8.44. The first kappa shape index (κ1) is 14.0. The van der Waals surface area contributed by atoms with Gasteiger partial charge in [-0.25, -0.2) is 13.1 Å². The Hall–Kier alpha value is -0.0200. The molecule has 1 atom stereocenters. The van der Waals surface area contributed by atoms with Gasteiger partial charge in [0.15, 0.2) is 0 Å². The molecule has 90 valence electrons. The molecular formula is C8H11BrN2O2S3. The van der Waals surface area contributed by atoms with Crippen LogP contribution in [0.15, 0.2) is 20.1 Å². The maximum Gasteiger partial charge on any atom is 0.250 e. The fourth-order valence-corrected chi connectivity index (χ4v) is 4.66. The van der Waals surface area contributed by atoms with Crippen molar-refractivity contribution in [1.82, 2.24) is 4.72 Å². The van der Waals surface area contributed by atoms with E-state index in [0.717, 1.165) is 15.1 Å². The number of sulfonamides is 1. The third-order valence-electron chi connectivity index (χ3n) is 1.86. The summed E-state index contributed by atoms with van der Waals surface area (Å²) in [5.41, 5.74) is 5.44. The van der Waals surface area contributed by atoms with Gasteiger partial charge in [0.25, 0.3) is 10.0 Å². The minimum atomic E-state index is -3.52. The summed E-state index contributed by atoms with van der Waals surface area (Å²) in [5, 5.41) is 0. The average molecular weight is 343 g/mol. The van der Waals surface area contributed by atoms with E-state index in [9.17, 15) is 8.42 Å². The fourth-order valence-electron chi connectivity index (χ4n) is 1.03. The van der Waals surface area contributed by atoms with Gasteiger partial charge in [0.05, 0.1) is 14.8 Å². The Balaban J connectivity index is 2.91. The van der Waals surface area contributed by atoms with E-state index in [-0.39, 0.29) is 9.20 Å². The molecule has 0 aromatic carbocycles. The smallest absolute Gasteiger partial charge is 0.250 e. The number of thiophene rings is 1. The van der Waals surface area contributed by atoms with Crippen LogP contribution in [0.2, 0.25) is 0 Å². The molecule has 8 heteroatoms. The highest BCUT2D eigenvalue weighted by Crippen LogP contribution is 2.26. The molecule has 0 radical (unpaired) electrons. The highest BCUT2D eigenvalue weighted by Gasteiger charge is 2.21. The second-order valence-electron chi connectivity index (χ2n) is 3.04. The van der Waals surface area contributed by atoms with Crippen LogP contribution in [-0.4, -0.2) is 19.4 Å². The molecule has 0 aliphatic rings. The lowest BCUT2D eigenvalue weighted by molar-refractivity contribution is 0.574. The molecule has 16 heavy (non-hydrogen) atoms. The van der Waals surface area contributed by atoms with Crippen molar-refractivity contribution in [3.8, 4) is 0 Å². The van der Waals surface area contributed by atoms with E-state index in [1.54, 1.807) is 6.07 Å². The largest absolute Gasteiger partial charge is 0.392 e. The predicted octanol–water partition coefficient (Wildman–Crippen LogP) is 1.85. The first-order valence-corrected chi connectivity index (χ1v) is 7.94. The molecule has 0 spiro atoms. The van der Waals surface area contributed by atoms with Crippen molar-refractivity contribution in [3.05, 3.63) is 15.9 Å². The van der Waals surface area contributed by atoms with Crippen LogP contribution in [0.3, 0.4) is 0 Å². The van der Waals surface area contributed by atoms with Gasteiger partial charge in [-0.05, 0) is 34.5 Å². The van der Waals surface area contributed by atoms with E-state index in [1.807, 2.05) is 6.92 Å². The first-order chi connectivity index (χ1) is 7.36. The van der Waals surface area contributed by atoms with E-state index < -0.39 is 16.1 Å². The Bertz CT molecular complexity index is 483. The third-order valence-corrected chi connectivity index (χ3v) is 5.73. The lowest BCUT2D eigenvalue weighted by atomic mass is 10.2. The van der Waals surface area contributed by atoms with E-state index in [0.29, 0.717) is 6.42 Å². The molecule has 1 heterocycles. The lowest BCUT2D eigenvalue weighted by Crippen LogP contribution is -2.42. The summed E-state index contributed by atoms with van der Waals surface area (Å²) in [5.74, 6) is 0. The van der Waals surface area contributed by atoms with Gasteiger partial charge in [-0.3, -0.25) is 0 Å². The molecule has 0 aliphatic carbocycles. The molecule has 0 bridgehead atoms. The number of nitrogens with two attached hydrogens (primary N) is 1. The summed E-state index contributed by atoms with van der Waals surface area (Å²) in [4.78, 5) is 0.154. The van der Waals surface area contributed by atoms with E-state index in [1.165, 1.54) is 6.07 Å². The van der Waals surface area contributed by atoms with E-state index >= 15 is 0 Å². The number of rotatable bonds is 5. The zero-order valence-corrected chi connectivity index (χ0v) is 12.5. The summed E-state index contributed by atoms with van der Waals surface area (Å²) >= 11 is 9.14. The van der Waals surface area contributed by atoms with Crippen LogP contribution in [0.1, 0.15) is 13.3 Å². The van der Waals surface area contributed by atoms with Crippen LogP contribution in [-0.2, 0) is 10.0 Å². The van der Waals surface area contributed by atoms with Crippen molar-refractivity contribution < 1.29 is 8.42 Å². The van der Waals surface area contributed by atoms with Crippen LogP contribution in [0.4, 0.5) is 0 Å². The summed E-state index contributed by atoms with van der Waals surface area (Å²) in [6, 6.07) is 2.71. The minimum Gasteiger partial charge on any atom is -0.392 e. The number of thiocarbonyl (C=S) groups is 1. The van der Waals surface area contributed by atoms with Crippen LogP contribution in [0, 0.1) is 0 Å². The highest BCUT2D eigenvalue weighted by atomic mass is 79.9. The molecule has 0 aliphatic heterocycles. The summed E-state index contributed by atoms with van der Waals surface area (Å²) in [6.07, 6.45) is 0.529. The van der Waals surface area contributed by atoms with Gasteiger partial charge in [-0.15, -0.1) is 11.3 Å². The molecule has 1 rings (SSSR count). The summed E-state index contributed by atoms with van der Waals surface area (Å²) < 4.78 is 27.2. The Labute approximate surface area is 112 Å². The second kappa shape index (κ2) is 5.54. The van der Waals surface area contributed by atoms with Gasteiger partial charge in [-0.2, -0.15) is 0 Å². The Kier molecular flexibility index (Phi) is 4.87. The Morgan fingerprint density at radius 3 is 2.69 bits per heavy atom. The van der Waals surface area contributed by atoms with Crippen LogP contribution >= 0.6 is 39.5 Å². The Morgan fingerprint density at radius 2 is 2.31 bits per heavy atom. The average Bonchev–Trinajstić information content (AvgIpc) is 2.61. The van der Waals surface area contributed by atoms with Crippen molar-refractivity contribution in [2.45, 2.75) is 23.6 Å². The SMILES string of the molecule is CCC(NS(=O)(=O)c1ccc(Br)s1)C(N)=S. The number of halogens is 1. The molecule has 1 aromatic heterocycles. The monoisotopic (exact) mass is 342 g/mol. The molecule has 1 aromatic rings. The van der Waals surface area contributed by atoms with Crippen molar-refractivity contribution in [3.63, 3.8) is 0 Å². The van der Waals surface area contributed by atoms with Crippen molar-refractivity contribution in [2.24, 2.45) is 5.73 Å². The minimum absolute atomic E-state index is 0.154. The molecule has 0 fully saturated rings. The molecule has 1 unspecified atom stereocenters. The molecular weight excluding hydrogens is 332 g/mol. The summed E-state index contributed by atoms with van der Waals surface area (Å²) in [6.45, 7) is 1.82. The van der Waals surface area contributed by atoms with Gasteiger partial charge in [0.2, 0.25) is 0 Å². The third kappa shape index (κ3) is 3.49. The topological polar surface area (TPSA) is 72.2 Å². The standard InChI is InChI=1S/C8H11BrN2O2S3/c1-2-5(8(10)14)11-16(12,13)7-4-3-6(9)15-7/h3-5,11H,2H2,1H3,(H2,10,14). The molecule has 3 N–H and O–H groups in total. The van der Waals surface area contributed by atoms with Crippen LogP contribution in [0.5, 0.6) is 0 Å². The van der Waals surface area contributed by atoms with Gasteiger partial charge in [0, 0.05) is 0 Å². The first-order valence-electron chi connectivity index (χ1n) is 4.44. The fraction of sp³-hybridized carbons (Fsp3) is 0.375. The second-order valence-corrected chi connectivity index (χ2v) is 7.92. The van der Waals surface area contributed by atoms with Gasteiger partial charge in [0.1, 0.15) is 4.21 Å². The van der Waals surface area contributed by atoms with Crippen LogP contribution in [0.25, 0.3) is 0 Å². The number of hydrogen-bond acceptors (Lipinski definition) is 4. The van der Waals surface area contributed by atoms with Gasteiger partial charge < -0.3 is 5.73 Å². The highest BCUT2D eigenvalue weighted by molar-refractivity contribution is 9.11. The lowest BCUT2D eigenvalue weighted by Gasteiger charge is -2.14. The molecule has 0 saturated heterocycles. The maximum absolute atomic E-state index is 11.9. The van der Waals surface area contributed by atoms with E-state index in [4.69, 9.17) is 18.0 Å². The Morgan fingerprint density at radius 1 is 1.69 bits per heavy atom. The number of nitrogens with one attached hydrogen (secondary N) is 1. The van der Waals surface area contributed by atoms with E-state index in [2.05, 4.69) is 20.7 Å². The molecule has 0 saturated carbocycles. The predicted molar refractivity (Wildman–Crippen MR) is 73.2 cm³/mol. The maximum atomic E-state index is 11.9. The van der Waals surface area contributed by atoms with Crippen molar-refractivity contribution in [2.75, 3.05) is 0 Å². The van der Waals surface area contributed by atoms with Gasteiger partial charge >= 0.3 is 0 Å². The normalized spacial score (nSPS) is 13.6.